The molecule has 0 bridgehead atoms. The van der Waals surface area contributed by atoms with Crippen molar-refractivity contribution in [1.29, 1.82) is 0 Å². The minimum absolute atomic E-state index is 0.00732. The second-order valence-electron chi connectivity index (χ2n) is 20.1. The summed E-state index contributed by atoms with van der Waals surface area (Å²) in [5.74, 6) is -1.22. The van der Waals surface area contributed by atoms with Gasteiger partial charge < -0.3 is 40.1 Å². The van der Waals surface area contributed by atoms with E-state index in [2.05, 4.69) is 91.1 Å². The summed E-state index contributed by atoms with van der Waals surface area (Å²) in [6, 6.07) is 22.3. The number of nitrogens with one attached hydrogen (secondary N) is 3. The third-order valence-electron chi connectivity index (χ3n) is 12.5. The lowest BCUT2D eigenvalue weighted by Gasteiger charge is -2.30. The van der Waals surface area contributed by atoms with E-state index in [1.165, 1.54) is 19.8 Å². The molecule has 0 aliphatic carbocycles. The van der Waals surface area contributed by atoms with Crippen molar-refractivity contribution in [1.82, 2.24) is 20.4 Å². The molecule has 4 atom stereocenters. The number of rotatable bonds is 16. The Balaban J connectivity index is 1.28. The van der Waals surface area contributed by atoms with Crippen LogP contribution >= 0.6 is 0 Å². The maximum atomic E-state index is 14.0. The van der Waals surface area contributed by atoms with E-state index in [9.17, 15) is 28.8 Å². The second-order valence-corrected chi connectivity index (χ2v) is 25.1. The number of methoxy groups -OCH3 is 2. The first-order chi connectivity index (χ1) is 30.6. The van der Waals surface area contributed by atoms with Crippen molar-refractivity contribution < 1.29 is 38.2 Å². The van der Waals surface area contributed by atoms with Crippen LogP contribution in [-0.2, 0) is 53.6 Å². The van der Waals surface area contributed by atoms with E-state index >= 15 is 0 Å². The third kappa shape index (κ3) is 13.2. The quantitative estimate of drug-likeness (QED) is 0.124. The molecule has 3 N–H and O–H groups in total. The fourth-order valence-electron chi connectivity index (χ4n) is 8.70. The molecule has 2 fully saturated rings. The van der Waals surface area contributed by atoms with Crippen molar-refractivity contribution >= 4 is 55.1 Å². The standard InChI is InChI=1S/C50H70N6O8Si/c1-32(2)43(52-48(61)63-8)46(59)55-26-12-13-40(55)45(58)51-38-22-18-36(19-23-38)29-54(39-24-20-37(21-25-39)50(5,6)7)28-35-16-14-34(15-17-35)27-42(57)41-30-65(10,11)31-56(41)47(60)44(33(3)4)53-49(62)64-9/h14-25,32-33,40-41,43-44H,12-13,26-31H2,1-11H3,(H,51,58)(H,52,61)(H,53,62)/t40-,41-,43-,44-/m0/s1. The fourth-order valence-corrected chi connectivity index (χ4v) is 11.6. The molecule has 65 heavy (non-hydrogen) atoms. The molecule has 5 rings (SSSR count). The van der Waals surface area contributed by atoms with Crippen molar-refractivity contribution in [2.24, 2.45) is 11.8 Å². The van der Waals surface area contributed by atoms with Crippen LogP contribution in [-0.4, -0.2) is 105 Å². The number of amides is 5. The van der Waals surface area contributed by atoms with Crippen LogP contribution in [0.3, 0.4) is 0 Å². The molecular formula is C50H70N6O8Si. The highest BCUT2D eigenvalue weighted by Crippen LogP contribution is 2.31. The number of ether oxygens (including phenoxy) is 2. The van der Waals surface area contributed by atoms with Gasteiger partial charge in [0.1, 0.15) is 18.1 Å². The highest BCUT2D eigenvalue weighted by atomic mass is 28.3. The maximum Gasteiger partial charge on any atom is 0.407 e. The lowest BCUT2D eigenvalue weighted by molar-refractivity contribution is -0.139. The van der Waals surface area contributed by atoms with E-state index in [1.807, 2.05) is 64.1 Å². The van der Waals surface area contributed by atoms with Crippen LogP contribution in [0.15, 0.2) is 72.8 Å². The van der Waals surface area contributed by atoms with Crippen LogP contribution < -0.4 is 20.9 Å². The van der Waals surface area contributed by atoms with Crippen LogP contribution in [0, 0.1) is 11.8 Å². The fraction of sp³-hybridized carbons (Fsp3) is 0.520. The summed E-state index contributed by atoms with van der Waals surface area (Å²) in [5.41, 5.74) is 5.83. The van der Waals surface area contributed by atoms with E-state index in [0.717, 1.165) is 22.4 Å². The Morgan fingerprint density at radius 1 is 0.708 bits per heavy atom. The Bertz CT molecular complexity index is 2150. The monoisotopic (exact) mass is 911 g/mol. The first-order valence-electron chi connectivity index (χ1n) is 22.8. The second kappa shape index (κ2) is 21.5. The molecule has 2 aliphatic heterocycles. The maximum absolute atomic E-state index is 14.0. The molecule has 0 unspecified atom stereocenters. The molecule has 2 heterocycles. The van der Waals surface area contributed by atoms with Gasteiger partial charge in [0.25, 0.3) is 0 Å². The average molecular weight is 911 g/mol. The normalized spacial score (nSPS) is 17.9. The molecule has 2 aliphatic rings. The van der Waals surface area contributed by atoms with Crippen molar-refractivity contribution in [3.05, 3.63) is 95.1 Å². The van der Waals surface area contributed by atoms with Gasteiger partial charge in [-0.15, -0.1) is 0 Å². The minimum Gasteiger partial charge on any atom is -0.453 e. The third-order valence-corrected chi connectivity index (χ3v) is 15.2. The van der Waals surface area contributed by atoms with Crippen molar-refractivity contribution in [2.75, 3.05) is 37.1 Å². The number of Topliss-reactive ketones (excluding diaryl/α,β-unsaturated/α-hetero) is 1. The number of likely N-dealkylation sites (tertiary alicyclic amines) is 1. The molecule has 0 saturated carbocycles. The number of benzene rings is 3. The number of hydrogen-bond donors (Lipinski definition) is 3. The smallest absolute Gasteiger partial charge is 0.407 e. The summed E-state index contributed by atoms with van der Waals surface area (Å²) in [5, 5.41) is 8.31. The number of anilines is 2. The highest BCUT2D eigenvalue weighted by Gasteiger charge is 2.46. The first-order valence-corrected chi connectivity index (χ1v) is 26.2. The van der Waals surface area contributed by atoms with E-state index in [0.29, 0.717) is 50.4 Å². The highest BCUT2D eigenvalue weighted by molar-refractivity contribution is 6.79. The summed E-state index contributed by atoms with van der Waals surface area (Å²) in [6.07, 6.45) is 0.579. The Hall–Kier alpha value is -5.70. The first kappa shape index (κ1) is 50.3. The van der Waals surface area contributed by atoms with Crippen molar-refractivity contribution in [3.63, 3.8) is 0 Å². The SMILES string of the molecule is COC(=O)N[C@H](C(=O)N1C[Si](C)(C)C[C@H]1C(=O)Cc1ccc(CN(Cc2ccc(NC(=O)[C@@H]3CCCN3C(=O)[C@@H](NC(=O)OC)C(C)C)cc2)c2ccc(C(C)(C)C)cc2)cc1)C(C)C. The zero-order valence-corrected chi connectivity index (χ0v) is 41.2. The van der Waals surface area contributed by atoms with Crippen molar-refractivity contribution in [2.45, 2.75) is 130 Å². The summed E-state index contributed by atoms with van der Waals surface area (Å²) in [4.78, 5) is 84.6. The lowest BCUT2D eigenvalue weighted by Crippen LogP contribution is -2.54. The molecule has 0 radical (unpaired) electrons. The van der Waals surface area contributed by atoms with Gasteiger partial charge in [0.2, 0.25) is 17.7 Å². The van der Waals surface area contributed by atoms with Gasteiger partial charge in [-0.05, 0) is 82.7 Å². The number of carbonyl (C=O) groups is 6. The zero-order valence-electron chi connectivity index (χ0n) is 40.2. The molecule has 0 aromatic heterocycles. The molecule has 15 heteroatoms. The summed E-state index contributed by atoms with van der Waals surface area (Å²) >= 11 is 0. The summed E-state index contributed by atoms with van der Waals surface area (Å²) in [7, 11) is 0.627. The van der Waals surface area contributed by atoms with Crippen LogP contribution in [0.1, 0.15) is 83.6 Å². The molecule has 3 aromatic rings. The Morgan fingerprint density at radius 3 is 1.69 bits per heavy atom. The van der Waals surface area contributed by atoms with Gasteiger partial charge in [0.05, 0.1) is 28.3 Å². The summed E-state index contributed by atoms with van der Waals surface area (Å²) < 4.78 is 9.52. The molecule has 3 aromatic carbocycles. The number of ketones is 1. The van der Waals surface area contributed by atoms with Crippen LogP contribution in [0.5, 0.6) is 0 Å². The van der Waals surface area contributed by atoms with E-state index < -0.39 is 44.4 Å². The molecule has 14 nitrogen and oxygen atoms in total. The number of nitrogens with zero attached hydrogens (tertiary/aromatic N) is 3. The average Bonchev–Trinajstić information content (AvgIpc) is 3.89. The van der Waals surface area contributed by atoms with E-state index in [4.69, 9.17) is 9.47 Å². The number of carbonyl (C=O) groups excluding carboxylic acids is 6. The van der Waals surface area contributed by atoms with E-state index in [1.54, 1.807) is 9.80 Å². The van der Waals surface area contributed by atoms with Crippen LogP contribution in [0.25, 0.3) is 0 Å². The predicted octanol–water partition coefficient (Wildman–Crippen LogP) is 7.45. The topological polar surface area (TPSA) is 167 Å². The summed E-state index contributed by atoms with van der Waals surface area (Å²) in [6.45, 7) is 19.9. The largest absolute Gasteiger partial charge is 0.453 e. The molecule has 352 valence electrons. The van der Waals surface area contributed by atoms with Gasteiger partial charge in [0.15, 0.2) is 5.78 Å². The lowest BCUT2D eigenvalue weighted by atomic mass is 9.87. The van der Waals surface area contributed by atoms with Gasteiger partial charge >= 0.3 is 12.2 Å². The number of alkyl carbamates (subject to hydrolysis) is 2. The van der Waals surface area contributed by atoms with Gasteiger partial charge in [-0.25, -0.2) is 9.59 Å². The van der Waals surface area contributed by atoms with E-state index in [-0.39, 0.29) is 47.2 Å². The van der Waals surface area contributed by atoms with Crippen molar-refractivity contribution in [3.8, 4) is 0 Å². The zero-order chi connectivity index (χ0) is 47.8. The van der Waals surface area contributed by atoms with Crippen LogP contribution in [0.2, 0.25) is 19.1 Å². The Kier molecular flexibility index (Phi) is 16.7. The Morgan fingerprint density at radius 2 is 1.20 bits per heavy atom. The van der Waals surface area contributed by atoms with Crippen LogP contribution in [0.4, 0.5) is 21.0 Å². The molecule has 5 amide bonds. The predicted molar refractivity (Wildman–Crippen MR) is 256 cm³/mol. The molecule has 2 saturated heterocycles. The van der Waals surface area contributed by atoms with Gasteiger partial charge in [0, 0.05) is 43.6 Å². The minimum atomic E-state index is -1.89. The Labute approximate surface area is 386 Å². The van der Waals surface area contributed by atoms with Gasteiger partial charge in [-0.3, -0.25) is 19.2 Å². The molecule has 0 spiro atoms. The molecular weight excluding hydrogens is 841 g/mol. The van der Waals surface area contributed by atoms with Gasteiger partial charge in [-0.2, -0.15) is 0 Å². The van der Waals surface area contributed by atoms with Gasteiger partial charge in [-0.1, -0.05) is 110 Å². The number of hydrogen-bond acceptors (Lipinski definition) is 9.